The summed E-state index contributed by atoms with van der Waals surface area (Å²) in [6.45, 7) is 16.3. The Labute approximate surface area is 131 Å². The quantitative estimate of drug-likeness (QED) is 0.806. The van der Waals surface area contributed by atoms with Crippen LogP contribution in [0.2, 0.25) is 0 Å². The fraction of sp³-hybridized carbons (Fsp3) is 1.00. The third-order valence-electron chi connectivity index (χ3n) is 2.24. The third kappa shape index (κ3) is 10.2. The van der Waals surface area contributed by atoms with Crippen LogP contribution in [0, 0.1) is 0 Å². The first-order valence-electron chi connectivity index (χ1n) is 8.02. The average Bonchev–Trinajstić information content (AvgIpc) is 3.01. The van der Waals surface area contributed by atoms with Gasteiger partial charge in [0.25, 0.3) is 0 Å². The van der Waals surface area contributed by atoms with Crippen LogP contribution >= 0.6 is 0 Å². The smallest absolute Gasteiger partial charge is 0.164 e. The molecular formula is C16H38O5. The number of hydrogen-bond donors (Lipinski definition) is 1. The molecule has 2 saturated heterocycles. The van der Waals surface area contributed by atoms with E-state index < -0.39 is 5.79 Å². The highest BCUT2D eigenvalue weighted by Gasteiger charge is 2.49. The first kappa shape index (κ1) is 25.7. The predicted octanol–water partition coefficient (Wildman–Crippen LogP) is 3.24. The van der Waals surface area contributed by atoms with Crippen molar-refractivity contribution in [3.05, 3.63) is 0 Å². The number of aliphatic hydroxyl groups is 1. The van der Waals surface area contributed by atoms with Gasteiger partial charge < -0.3 is 24.1 Å². The normalized spacial score (nSPS) is 27.3. The number of fused-ring (bicyclic) bond motifs is 1. The second kappa shape index (κ2) is 16.2. The van der Waals surface area contributed by atoms with Crippen molar-refractivity contribution in [2.45, 2.75) is 79.5 Å². The number of aliphatic hydroxyl groups excluding tert-OH is 1. The molecule has 0 aromatic heterocycles. The van der Waals surface area contributed by atoms with E-state index >= 15 is 0 Å². The summed E-state index contributed by atoms with van der Waals surface area (Å²) in [4.78, 5) is 0. The highest BCUT2D eigenvalue weighted by molar-refractivity contribution is 4.91. The molecule has 2 aliphatic rings. The fourth-order valence-corrected chi connectivity index (χ4v) is 1.78. The molecule has 5 nitrogen and oxygen atoms in total. The molecule has 0 bridgehead atoms. The van der Waals surface area contributed by atoms with Gasteiger partial charge in [-0.25, -0.2) is 0 Å². The van der Waals surface area contributed by atoms with Crippen molar-refractivity contribution in [1.29, 1.82) is 0 Å². The molecule has 0 aromatic rings. The lowest BCUT2D eigenvalue weighted by molar-refractivity contribution is -0.177. The Balaban J connectivity index is -0.000000308. The molecule has 2 aliphatic heterocycles. The maximum Gasteiger partial charge on any atom is 0.164 e. The highest BCUT2D eigenvalue weighted by Crippen LogP contribution is 2.34. The van der Waals surface area contributed by atoms with Crippen molar-refractivity contribution in [3.8, 4) is 0 Å². The minimum absolute atomic E-state index is 0.000602. The van der Waals surface area contributed by atoms with Gasteiger partial charge in [-0.05, 0) is 13.8 Å². The Hall–Kier alpha value is -0.200. The van der Waals surface area contributed by atoms with Crippen molar-refractivity contribution < 1.29 is 24.1 Å². The van der Waals surface area contributed by atoms with Crippen LogP contribution in [-0.2, 0) is 18.9 Å². The lowest BCUT2D eigenvalue weighted by Gasteiger charge is -2.20. The third-order valence-corrected chi connectivity index (χ3v) is 2.24. The monoisotopic (exact) mass is 310 g/mol. The zero-order valence-electron chi connectivity index (χ0n) is 15.7. The van der Waals surface area contributed by atoms with Crippen molar-refractivity contribution in [2.24, 2.45) is 0 Å². The van der Waals surface area contributed by atoms with Gasteiger partial charge in [0, 0.05) is 14.2 Å². The largest absolute Gasteiger partial charge is 0.394 e. The van der Waals surface area contributed by atoms with Gasteiger partial charge in [-0.3, -0.25) is 0 Å². The van der Waals surface area contributed by atoms with Gasteiger partial charge in [-0.1, -0.05) is 41.5 Å². The first-order chi connectivity index (χ1) is 10.0. The zero-order valence-corrected chi connectivity index (χ0v) is 15.7. The number of methoxy groups -OCH3 is 1. The van der Waals surface area contributed by atoms with Crippen LogP contribution in [-0.4, -0.2) is 56.6 Å². The summed E-state index contributed by atoms with van der Waals surface area (Å²) in [7, 11) is 3.25. The molecule has 0 aromatic carbocycles. The van der Waals surface area contributed by atoms with Crippen molar-refractivity contribution in [3.63, 3.8) is 0 Å². The van der Waals surface area contributed by atoms with Crippen molar-refractivity contribution >= 4 is 0 Å². The summed E-state index contributed by atoms with van der Waals surface area (Å²) in [5.74, 6) is -0.521. The minimum atomic E-state index is -0.521. The molecule has 0 radical (unpaired) electrons. The summed E-state index contributed by atoms with van der Waals surface area (Å²) in [6, 6.07) is 0. The van der Waals surface area contributed by atoms with Gasteiger partial charge in [0.1, 0.15) is 18.3 Å². The maximum absolute atomic E-state index is 8.92. The average molecular weight is 310 g/mol. The fourth-order valence-electron chi connectivity index (χ4n) is 1.78. The van der Waals surface area contributed by atoms with Crippen LogP contribution in [0.3, 0.4) is 0 Å². The SMILES string of the molecule is CC.CC.CC.CC1(C)OC2COC(CO)C2O1.COC. The molecule has 132 valence electrons. The Morgan fingerprint density at radius 2 is 1.43 bits per heavy atom. The van der Waals surface area contributed by atoms with Crippen LogP contribution in [0.5, 0.6) is 0 Å². The molecule has 0 spiro atoms. The van der Waals surface area contributed by atoms with E-state index in [0.717, 1.165) is 0 Å². The van der Waals surface area contributed by atoms with E-state index in [0.29, 0.717) is 6.61 Å². The second-order valence-corrected chi connectivity index (χ2v) is 4.10. The van der Waals surface area contributed by atoms with Crippen LogP contribution in [0.1, 0.15) is 55.4 Å². The zero-order chi connectivity index (χ0) is 17.5. The molecule has 0 amide bonds. The summed E-state index contributed by atoms with van der Waals surface area (Å²) in [6.07, 6.45) is -0.307. The number of ether oxygens (including phenoxy) is 4. The summed E-state index contributed by atoms with van der Waals surface area (Å²) in [5, 5.41) is 8.92. The first-order valence-corrected chi connectivity index (χ1v) is 8.02. The molecule has 5 heteroatoms. The predicted molar refractivity (Wildman–Crippen MR) is 87.6 cm³/mol. The van der Waals surface area contributed by atoms with E-state index in [1.165, 1.54) is 0 Å². The Morgan fingerprint density at radius 1 is 1.00 bits per heavy atom. The summed E-state index contributed by atoms with van der Waals surface area (Å²) < 4.78 is 20.6. The Kier molecular flexibility index (Phi) is 19.8. The topological polar surface area (TPSA) is 57.2 Å². The molecule has 2 heterocycles. The molecule has 2 rings (SSSR count). The van der Waals surface area contributed by atoms with Gasteiger partial charge in [-0.15, -0.1) is 0 Å². The van der Waals surface area contributed by atoms with Crippen LogP contribution in [0.25, 0.3) is 0 Å². The lowest BCUT2D eigenvalue weighted by Crippen LogP contribution is -2.31. The maximum atomic E-state index is 8.92. The molecule has 2 fully saturated rings. The molecule has 0 aliphatic carbocycles. The molecule has 3 unspecified atom stereocenters. The van der Waals surface area contributed by atoms with E-state index in [-0.39, 0.29) is 24.9 Å². The molecule has 0 saturated carbocycles. The van der Waals surface area contributed by atoms with E-state index in [1.54, 1.807) is 14.2 Å². The van der Waals surface area contributed by atoms with Crippen LogP contribution in [0.15, 0.2) is 0 Å². The molecule has 1 N–H and O–H groups in total. The van der Waals surface area contributed by atoms with Crippen molar-refractivity contribution in [1.82, 2.24) is 0 Å². The van der Waals surface area contributed by atoms with E-state index in [2.05, 4.69) is 4.74 Å². The lowest BCUT2D eigenvalue weighted by atomic mass is 10.2. The van der Waals surface area contributed by atoms with Crippen LogP contribution in [0.4, 0.5) is 0 Å². The van der Waals surface area contributed by atoms with Gasteiger partial charge in [-0.2, -0.15) is 0 Å². The summed E-state index contributed by atoms with van der Waals surface area (Å²) >= 11 is 0. The Bertz CT molecular complexity index is 197. The Morgan fingerprint density at radius 3 is 1.81 bits per heavy atom. The van der Waals surface area contributed by atoms with Gasteiger partial charge in [0.15, 0.2) is 5.79 Å². The van der Waals surface area contributed by atoms with Gasteiger partial charge in [0.05, 0.1) is 13.2 Å². The van der Waals surface area contributed by atoms with Gasteiger partial charge >= 0.3 is 0 Å². The van der Waals surface area contributed by atoms with E-state index in [4.69, 9.17) is 19.3 Å². The second-order valence-electron chi connectivity index (χ2n) is 4.10. The van der Waals surface area contributed by atoms with E-state index in [9.17, 15) is 0 Å². The molecular weight excluding hydrogens is 272 g/mol. The number of rotatable bonds is 1. The summed E-state index contributed by atoms with van der Waals surface area (Å²) in [5.41, 5.74) is 0. The minimum Gasteiger partial charge on any atom is -0.394 e. The molecule has 21 heavy (non-hydrogen) atoms. The number of hydrogen-bond acceptors (Lipinski definition) is 5. The standard InChI is InChI=1S/C8H14O4.C2H6O.3C2H6/c1-8(2)11-6-4-10-5(3-9)7(6)12-8;1-3-2;3*1-2/h5-7,9H,3-4H2,1-2H3;1-2H3;3*1-2H3. The van der Waals surface area contributed by atoms with Gasteiger partial charge in [0.2, 0.25) is 0 Å². The highest BCUT2D eigenvalue weighted by atomic mass is 16.8. The molecule has 3 atom stereocenters. The van der Waals surface area contributed by atoms with E-state index in [1.807, 2.05) is 55.4 Å². The van der Waals surface area contributed by atoms with Crippen molar-refractivity contribution in [2.75, 3.05) is 27.4 Å². The van der Waals surface area contributed by atoms with Crippen LogP contribution < -0.4 is 0 Å².